The normalized spacial score (nSPS) is 12.1. The third kappa shape index (κ3) is 1.47. The summed E-state index contributed by atoms with van der Waals surface area (Å²) in [5, 5.41) is 11.1. The second-order valence-electron chi connectivity index (χ2n) is 3.79. The summed E-state index contributed by atoms with van der Waals surface area (Å²) in [7, 11) is 1.78. The summed E-state index contributed by atoms with van der Waals surface area (Å²) in [6.07, 6.45) is 0.725. The van der Waals surface area contributed by atoms with Crippen LogP contribution in [0.3, 0.4) is 0 Å². The standard InChI is InChI=1S/C11H9ClN4O/c1-16-11-10(9(5-17)15-16)13-8-4-6(12)2-3-7(8)14-11/h2-5,13-14H,1H3. The molecular formula is C11H9ClN4O. The highest BCUT2D eigenvalue weighted by Gasteiger charge is 2.22. The Kier molecular flexibility index (Phi) is 2.09. The first-order chi connectivity index (χ1) is 8.19. The van der Waals surface area contributed by atoms with Crippen molar-refractivity contribution >= 4 is 40.8 Å². The number of anilines is 4. The smallest absolute Gasteiger partial charge is 0.172 e. The first-order valence-electron chi connectivity index (χ1n) is 5.05. The molecule has 0 aliphatic carbocycles. The summed E-state index contributed by atoms with van der Waals surface area (Å²) in [4.78, 5) is 10.9. The molecule has 0 saturated carbocycles. The molecule has 1 aliphatic rings. The molecule has 0 fully saturated rings. The summed E-state index contributed by atoms with van der Waals surface area (Å²) in [5.41, 5.74) is 2.79. The molecule has 0 bridgehead atoms. The number of benzene rings is 1. The van der Waals surface area contributed by atoms with Crippen molar-refractivity contribution in [3.05, 3.63) is 28.9 Å². The van der Waals surface area contributed by atoms with E-state index in [-0.39, 0.29) is 0 Å². The molecule has 2 aromatic rings. The Hall–Kier alpha value is -2.01. The minimum Gasteiger partial charge on any atom is -0.349 e. The van der Waals surface area contributed by atoms with Crippen LogP contribution in [0.5, 0.6) is 0 Å². The molecule has 0 amide bonds. The molecule has 5 nitrogen and oxygen atoms in total. The molecule has 0 unspecified atom stereocenters. The van der Waals surface area contributed by atoms with E-state index in [2.05, 4.69) is 15.7 Å². The van der Waals surface area contributed by atoms with Crippen LogP contribution >= 0.6 is 11.6 Å². The second kappa shape index (κ2) is 3.49. The number of nitrogens with zero attached hydrogens (tertiary/aromatic N) is 2. The minimum atomic E-state index is 0.376. The largest absolute Gasteiger partial charge is 0.349 e. The van der Waals surface area contributed by atoms with Crippen molar-refractivity contribution < 1.29 is 4.79 Å². The molecule has 2 N–H and O–H groups in total. The van der Waals surface area contributed by atoms with E-state index in [0.29, 0.717) is 16.4 Å². The van der Waals surface area contributed by atoms with Crippen molar-refractivity contribution in [1.29, 1.82) is 0 Å². The first kappa shape index (κ1) is 10.2. The molecule has 2 heterocycles. The van der Waals surface area contributed by atoms with E-state index in [1.807, 2.05) is 6.07 Å². The van der Waals surface area contributed by atoms with Crippen molar-refractivity contribution in [2.24, 2.45) is 7.05 Å². The van der Waals surface area contributed by atoms with Gasteiger partial charge in [0.2, 0.25) is 0 Å². The average molecular weight is 249 g/mol. The van der Waals surface area contributed by atoms with Crippen molar-refractivity contribution in [3.8, 4) is 0 Å². The predicted molar refractivity (Wildman–Crippen MR) is 66.6 cm³/mol. The Morgan fingerprint density at radius 1 is 1.35 bits per heavy atom. The van der Waals surface area contributed by atoms with Gasteiger partial charge in [-0.15, -0.1) is 0 Å². The van der Waals surface area contributed by atoms with Crippen LogP contribution < -0.4 is 10.6 Å². The van der Waals surface area contributed by atoms with Crippen molar-refractivity contribution in [2.45, 2.75) is 0 Å². The van der Waals surface area contributed by atoms with Crippen LogP contribution in [0, 0.1) is 0 Å². The number of aldehydes is 1. The van der Waals surface area contributed by atoms with Gasteiger partial charge >= 0.3 is 0 Å². The van der Waals surface area contributed by atoms with Crippen molar-refractivity contribution in [2.75, 3.05) is 10.6 Å². The maximum Gasteiger partial charge on any atom is 0.172 e. The van der Waals surface area contributed by atoms with Gasteiger partial charge in [-0.25, -0.2) is 4.68 Å². The third-order valence-corrected chi connectivity index (χ3v) is 2.92. The van der Waals surface area contributed by atoms with Gasteiger partial charge in [-0.05, 0) is 18.2 Å². The average Bonchev–Trinajstić information content (AvgIpc) is 2.63. The van der Waals surface area contributed by atoms with Gasteiger partial charge in [-0.3, -0.25) is 4.79 Å². The van der Waals surface area contributed by atoms with Crippen LogP contribution in [0.4, 0.5) is 22.9 Å². The molecule has 0 saturated heterocycles. The molecule has 0 spiro atoms. The number of aromatic nitrogens is 2. The van der Waals surface area contributed by atoms with Gasteiger partial charge in [0.05, 0.1) is 11.4 Å². The molecule has 17 heavy (non-hydrogen) atoms. The molecule has 1 aromatic carbocycles. The van der Waals surface area contributed by atoms with E-state index in [0.717, 1.165) is 23.5 Å². The third-order valence-electron chi connectivity index (χ3n) is 2.68. The molecule has 6 heteroatoms. The summed E-state index contributed by atoms with van der Waals surface area (Å²) >= 11 is 5.92. The molecule has 1 aromatic heterocycles. The lowest BCUT2D eigenvalue weighted by molar-refractivity contribution is 0.111. The Labute approximate surface area is 102 Å². The Balaban J connectivity index is 2.15. The zero-order valence-corrected chi connectivity index (χ0v) is 9.75. The molecular weight excluding hydrogens is 240 g/mol. The van der Waals surface area contributed by atoms with E-state index < -0.39 is 0 Å². The topological polar surface area (TPSA) is 59.0 Å². The maximum absolute atomic E-state index is 10.9. The minimum absolute atomic E-state index is 0.376. The van der Waals surface area contributed by atoms with Gasteiger partial charge in [-0.2, -0.15) is 5.10 Å². The zero-order valence-electron chi connectivity index (χ0n) is 8.99. The number of carbonyl (C=O) groups excluding carboxylic acids is 1. The zero-order chi connectivity index (χ0) is 12.0. The molecule has 0 radical (unpaired) electrons. The van der Waals surface area contributed by atoms with Crippen LogP contribution in [0.25, 0.3) is 0 Å². The predicted octanol–water partition coefficient (Wildman–Crippen LogP) is 2.69. The fourth-order valence-electron chi connectivity index (χ4n) is 1.88. The number of hydrogen-bond donors (Lipinski definition) is 2. The molecule has 1 aliphatic heterocycles. The monoisotopic (exact) mass is 248 g/mol. The number of carbonyl (C=O) groups is 1. The van der Waals surface area contributed by atoms with Crippen molar-refractivity contribution in [3.63, 3.8) is 0 Å². The highest BCUT2D eigenvalue weighted by Crippen LogP contribution is 2.40. The van der Waals surface area contributed by atoms with Crippen LogP contribution in [0.15, 0.2) is 18.2 Å². The molecule has 0 atom stereocenters. The van der Waals surface area contributed by atoms with E-state index in [1.54, 1.807) is 23.9 Å². The highest BCUT2D eigenvalue weighted by atomic mass is 35.5. The van der Waals surface area contributed by atoms with E-state index in [1.165, 1.54) is 0 Å². The van der Waals surface area contributed by atoms with E-state index in [4.69, 9.17) is 11.6 Å². The van der Waals surface area contributed by atoms with Gasteiger partial charge in [0.1, 0.15) is 5.69 Å². The number of fused-ring (bicyclic) bond motifs is 2. The van der Waals surface area contributed by atoms with Crippen molar-refractivity contribution in [1.82, 2.24) is 9.78 Å². The quantitative estimate of drug-likeness (QED) is 0.650. The van der Waals surface area contributed by atoms with Crippen LogP contribution in [0.2, 0.25) is 5.02 Å². The van der Waals surface area contributed by atoms with Gasteiger partial charge in [-0.1, -0.05) is 11.6 Å². The highest BCUT2D eigenvalue weighted by molar-refractivity contribution is 6.31. The number of aryl methyl sites for hydroxylation is 1. The van der Waals surface area contributed by atoms with E-state index in [9.17, 15) is 4.79 Å². The Morgan fingerprint density at radius 2 is 2.18 bits per heavy atom. The number of halogens is 1. The lowest BCUT2D eigenvalue weighted by atomic mass is 10.2. The Morgan fingerprint density at radius 3 is 2.94 bits per heavy atom. The Bertz CT molecular complexity index is 620. The number of nitrogens with one attached hydrogen (secondary N) is 2. The summed E-state index contributed by atoms with van der Waals surface area (Å²) < 4.78 is 1.63. The summed E-state index contributed by atoms with van der Waals surface area (Å²) in [6, 6.07) is 5.48. The van der Waals surface area contributed by atoms with Gasteiger partial charge in [0, 0.05) is 12.1 Å². The summed E-state index contributed by atoms with van der Waals surface area (Å²) in [5.74, 6) is 0.766. The summed E-state index contributed by atoms with van der Waals surface area (Å²) in [6.45, 7) is 0. The van der Waals surface area contributed by atoms with Gasteiger partial charge in [0.15, 0.2) is 17.8 Å². The lowest BCUT2D eigenvalue weighted by Crippen LogP contribution is -2.08. The molecule has 3 rings (SSSR count). The van der Waals surface area contributed by atoms with Crippen LogP contribution in [-0.4, -0.2) is 16.1 Å². The fourth-order valence-corrected chi connectivity index (χ4v) is 2.06. The second-order valence-corrected chi connectivity index (χ2v) is 4.23. The fraction of sp³-hybridized carbons (Fsp3) is 0.0909. The number of rotatable bonds is 1. The van der Waals surface area contributed by atoms with Gasteiger partial charge < -0.3 is 10.6 Å². The van der Waals surface area contributed by atoms with E-state index >= 15 is 0 Å². The SMILES string of the molecule is Cn1nc(C=O)c2c1Nc1ccc(Cl)cc1N2. The molecule has 86 valence electrons. The van der Waals surface area contributed by atoms with Crippen LogP contribution in [-0.2, 0) is 7.05 Å². The van der Waals surface area contributed by atoms with Gasteiger partial charge in [0.25, 0.3) is 0 Å². The number of hydrogen-bond acceptors (Lipinski definition) is 4. The van der Waals surface area contributed by atoms with Crippen LogP contribution in [0.1, 0.15) is 10.5 Å². The lowest BCUT2D eigenvalue weighted by Gasteiger charge is -2.20. The maximum atomic E-state index is 10.9. The first-order valence-corrected chi connectivity index (χ1v) is 5.42.